The molecule has 1 aromatic rings. The number of esters is 2. The SMILES string of the molecule is CCOC(=O)c1cc(CC)sc1NC(=O)COC(=O)CN1CSCC1=O. The molecule has 1 aliphatic rings. The van der Waals surface area contributed by atoms with Crippen molar-refractivity contribution in [3.8, 4) is 0 Å². The van der Waals surface area contributed by atoms with Gasteiger partial charge in [0.15, 0.2) is 6.61 Å². The Morgan fingerprint density at radius 2 is 2.04 bits per heavy atom. The summed E-state index contributed by atoms with van der Waals surface area (Å²) in [4.78, 5) is 49.5. The number of hydrogen-bond donors (Lipinski definition) is 1. The summed E-state index contributed by atoms with van der Waals surface area (Å²) in [5.41, 5.74) is 0.285. The van der Waals surface area contributed by atoms with Crippen molar-refractivity contribution in [1.82, 2.24) is 4.90 Å². The van der Waals surface area contributed by atoms with Crippen LogP contribution in [0.25, 0.3) is 0 Å². The van der Waals surface area contributed by atoms with Gasteiger partial charge in [-0.1, -0.05) is 6.92 Å². The van der Waals surface area contributed by atoms with Gasteiger partial charge in [-0.2, -0.15) is 0 Å². The van der Waals surface area contributed by atoms with Gasteiger partial charge in [-0.25, -0.2) is 4.79 Å². The summed E-state index contributed by atoms with van der Waals surface area (Å²) in [7, 11) is 0. The molecule has 2 heterocycles. The van der Waals surface area contributed by atoms with Crippen molar-refractivity contribution in [1.29, 1.82) is 0 Å². The zero-order chi connectivity index (χ0) is 19.1. The fourth-order valence-corrected chi connectivity index (χ4v) is 4.02. The van der Waals surface area contributed by atoms with Crippen LogP contribution in [0.1, 0.15) is 29.1 Å². The third-order valence-corrected chi connectivity index (χ3v) is 5.53. The quantitative estimate of drug-likeness (QED) is 0.660. The molecule has 0 saturated carbocycles. The highest BCUT2D eigenvalue weighted by molar-refractivity contribution is 8.00. The molecule has 0 unspecified atom stereocenters. The van der Waals surface area contributed by atoms with Crippen molar-refractivity contribution in [2.45, 2.75) is 20.3 Å². The minimum Gasteiger partial charge on any atom is -0.462 e. The van der Waals surface area contributed by atoms with Crippen LogP contribution >= 0.6 is 23.1 Å². The first-order valence-corrected chi connectivity index (χ1v) is 10.0. The Labute approximate surface area is 159 Å². The van der Waals surface area contributed by atoms with E-state index in [1.165, 1.54) is 28.0 Å². The molecule has 1 N–H and O–H groups in total. The largest absolute Gasteiger partial charge is 0.462 e. The minimum absolute atomic E-state index is 0.124. The Morgan fingerprint density at radius 1 is 1.27 bits per heavy atom. The highest BCUT2D eigenvalue weighted by Gasteiger charge is 2.24. The summed E-state index contributed by atoms with van der Waals surface area (Å²) in [5.74, 6) is -1.06. The molecular weight excluding hydrogens is 380 g/mol. The maximum Gasteiger partial charge on any atom is 0.341 e. The van der Waals surface area contributed by atoms with Crippen LogP contribution in [-0.2, 0) is 30.3 Å². The summed E-state index contributed by atoms with van der Waals surface area (Å²) in [6.45, 7) is 3.20. The van der Waals surface area contributed by atoms with Crippen LogP contribution in [0.5, 0.6) is 0 Å². The molecule has 1 aromatic heterocycles. The number of rotatable bonds is 8. The van der Waals surface area contributed by atoms with Gasteiger partial charge in [-0.15, -0.1) is 23.1 Å². The van der Waals surface area contributed by atoms with Gasteiger partial charge in [0.05, 0.1) is 23.8 Å². The van der Waals surface area contributed by atoms with Crippen molar-refractivity contribution in [3.63, 3.8) is 0 Å². The Bertz CT molecular complexity index is 703. The molecule has 0 aromatic carbocycles. The summed E-state index contributed by atoms with van der Waals surface area (Å²) in [5, 5.41) is 2.95. The molecule has 0 aliphatic carbocycles. The third kappa shape index (κ3) is 5.46. The van der Waals surface area contributed by atoms with Crippen molar-refractivity contribution in [3.05, 3.63) is 16.5 Å². The Morgan fingerprint density at radius 3 is 2.65 bits per heavy atom. The molecule has 0 bridgehead atoms. The molecule has 0 spiro atoms. The zero-order valence-corrected chi connectivity index (χ0v) is 16.2. The van der Waals surface area contributed by atoms with Gasteiger partial charge in [0.25, 0.3) is 5.91 Å². The molecule has 1 aliphatic heterocycles. The summed E-state index contributed by atoms with van der Waals surface area (Å²) in [6.07, 6.45) is 0.712. The number of carbonyl (C=O) groups is 4. The van der Waals surface area contributed by atoms with E-state index in [1.54, 1.807) is 13.0 Å². The second-order valence-electron chi connectivity index (χ2n) is 5.31. The topological polar surface area (TPSA) is 102 Å². The second-order valence-corrected chi connectivity index (χ2v) is 7.40. The monoisotopic (exact) mass is 400 g/mol. The average molecular weight is 400 g/mol. The van der Waals surface area contributed by atoms with Crippen molar-refractivity contribution >= 4 is 51.9 Å². The number of hydrogen-bond acceptors (Lipinski definition) is 8. The summed E-state index contributed by atoms with van der Waals surface area (Å²) < 4.78 is 9.88. The fourth-order valence-electron chi connectivity index (χ4n) is 2.12. The number of carbonyl (C=O) groups excluding carboxylic acids is 4. The van der Waals surface area contributed by atoms with E-state index in [1.807, 2.05) is 6.92 Å². The van der Waals surface area contributed by atoms with Gasteiger partial charge >= 0.3 is 11.9 Å². The summed E-state index contributed by atoms with van der Waals surface area (Å²) >= 11 is 2.69. The molecule has 142 valence electrons. The fraction of sp³-hybridized carbons (Fsp3) is 0.500. The number of ether oxygens (including phenoxy) is 2. The van der Waals surface area contributed by atoms with Gasteiger partial charge < -0.3 is 19.7 Å². The average Bonchev–Trinajstić information content (AvgIpc) is 3.19. The van der Waals surface area contributed by atoms with Crippen LogP contribution in [0.2, 0.25) is 0 Å². The molecule has 1 saturated heterocycles. The molecule has 0 radical (unpaired) electrons. The van der Waals surface area contributed by atoms with E-state index in [0.29, 0.717) is 23.1 Å². The molecular formula is C16H20N2O6S2. The Balaban J connectivity index is 1.88. The van der Waals surface area contributed by atoms with E-state index in [-0.39, 0.29) is 24.6 Å². The lowest BCUT2D eigenvalue weighted by Crippen LogP contribution is -2.33. The van der Waals surface area contributed by atoms with E-state index in [9.17, 15) is 19.2 Å². The maximum atomic E-state index is 12.0. The van der Waals surface area contributed by atoms with Gasteiger partial charge in [0, 0.05) is 4.88 Å². The van der Waals surface area contributed by atoms with E-state index >= 15 is 0 Å². The van der Waals surface area contributed by atoms with E-state index in [0.717, 1.165) is 4.88 Å². The van der Waals surface area contributed by atoms with Crippen LogP contribution in [0.15, 0.2) is 6.07 Å². The lowest BCUT2D eigenvalue weighted by molar-refractivity contribution is -0.150. The number of anilines is 1. The van der Waals surface area contributed by atoms with Crippen LogP contribution in [0.3, 0.4) is 0 Å². The first kappa shape index (κ1) is 20.2. The Kier molecular flexibility index (Phi) is 7.46. The standard InChI is InChI=1S/C16H20N2O6S2/c1-3-10-5-11(16(22)23-4-2)15(26-10)17-12(19)7-24-14(21)6-18-9-25-8-13(18)20/h5H,3-4,6-9H2,1-2H3,(H,17,19). The number of thiophene rings is 1. The van der Waals surface area contributed by atoms with Crippen molar-refractivity contribution in [2.24, 2.45) is 0 Å². The number of nitrogens with one attached hydrogen (secondary N) is 1. The predicted octanol–water partition coefficient (Wildman–Crippen LogP) is 1.50. The third-order valence-electron chi connectivity index (χ3n) is 3.39. The van der Waals surface area contributed by atoms with Crippen molar-refractivity contribution < 1.29 is 28.7 Å². The molecule has 0 atom stereocenters. The normalized spacial score (nSPS) is 13.6. The van der Waals surface area contributed by atoms with Crippen LogP contribution in [0, 0.1) is 0 Å². The van der Waals surface area contributed by atoms with Crippen LogP contribution in [-0.4, -0.2) is 60.0 Å². The van der Waals surface area contributed by atoms with Gasteiger partial charge in [-0.3, -0.25) is 14.4 Å². The minimum atomic E-state index is -0.651. The number of aryl methyl sites for hydroxylation is 1. The zero-order valence-electron chi connectivity index (χ0n) is 14.5. The summed E-state index contributed by atoms with van der Waals surface area (Å²) in [6, 6.07) is 1.68. The molecule has 10 heteroatoms. The smallest absolute Gasteiger partial charge is 0.341 e. The van der Waals surface area contributed by atoms with E-state index in [2.05, 4.69) is 5.32 Å². The molecule has 26 heavy (non-hydrogen) atoms. The maximum absolute atomic E-state index is 12.0. The van der Waals surface area contributed by atoms with Crippen LogP contribution < -0.4 is 5.32 Å². The van der Waals surface area contributed by atoms with Gasteiger partial charge in [0.2, 0.25) is 5.91 Å². The van der Waals surface area contributed by atoms with Gasteiger partial charge in [-0.05, 0) is 19.4 Å². The van der Waals surface area contributed by atoms with E-state index < -0.39 is 24.5 Å². The van der Waals surface area contributed by atoms with Crippen molar-refractivity contribution in [2.75, 3.05) is 36.7 Å². The van der Waals surface area contributed by atoms with Gasteiger partial charge in [0.1, 0.15) is 11.5 Å². The molecule has 2 rings (SSSR count). The number of amides is 2. The first-order chi connectivity index (χ1) is 12.4. The van der Waals surface area contributed by atoms with Crippen LogP contribution in [0.4, 0.5) is 5.00 Å². The molecule has 8 nitrogen and oxygen atoms in total. The molecule has 2 amide bonds. The lowest BCUT2D eigenvalue weighted by atomic mass is 10.2. The number of nitrogens with zero attached hydrogens (tertiary/aromatic N) is 1. The second kappa shape index (κ2) is 9.58. The first-order valence-electron chi connectivity index (χ1n) is 8.05. The Hall–Kier alpha value is -2.07. The molecule has 1 fully saturated rings. The number of thioether (sulfide) groups is 1. The highest BCUT2D eigenvalue weighted by atomic mass is 32.2. The predicted molar refractivity (Wildman–Crippen MR) is 98.3 cm³/mol. The lowest BCUT2D eigenvalue weighted by Gasteiger charge is -2.13. The van der Waals surface area contributed by atoms with E-state index in [4.69, 9.17) is 9.47 Å². The highest BCUT2D eigenvalue weighted by Crippen LogP contribution is 2.29.